The second kappa shape index (κ2) is 10.3. The van der Waals surface area contributed by atoms with E-state index in [9.17, 15) is 14.4 Å². The average Bonchev–Trinajstić information content (AvgIpc) is 2.42. The summed E-state index contributed by atoms with van der Waals surface area (Å²) in [6, 6.07) is -1.59. The first-order chi connectivity index (χ1) is 9.87. The second-order valence-corrected chi connectivity index (χ2v) is 5.89. The Labute approximate surface area is 130 Å². The van der Waals surface area contributed by atoms with Crippen LogP contribution in [0.15, 0.2) is 12.2 Å². The molecule has 0 aromatic heterocycles. The first-order valence-corrected chi connectivity index (χ1v) is 8.01. The Morgan fingerprint density at radius 3 is 2.43 bits per heavy atom. The van der Waals surface area contributed by atoms with E-state index in [2.05, 4.69) is 17.2 Å². The maximum Gasteiger partial charge on any atom is 0.328 e. The van der Waals surface area contributed by atoms with Gasteiger partial charge in [-0.05, 0) is 24.2 Å². The average molecular weight is 316 g/mol. The van der Waals surface area contributed by atoms with Crippen LogP contribution in [0, 0.1) is 5.92 Å². The molecule has 0 aliphatic rings. The molecule has 0 aromatic rings. The van der Waals surface area contributed by atoms with Crippen molar-refractivity contribution in [2.45, 2.75) is 32.4 Å². The summed E-state index contributed by atoms with van der Waals surface area (Å²) in [4.78, 5) is 34.6. The quantitative estimate of drug-likeness (QED) is 0.352. The van der Waals surface area contributed by atoms with Gasteiger partial charge in [-0.25, -0.2) is 4.79 Å². The molecule has 0 fully saturated rings. The van der Waals surface area contributed by atoms with Crippen LogP contribution in [0.4, 0.5) is 0 Å². The molecular weight excluding hydrogens is 292 g/mol. The molecule has 0 rings (SSSR count). The first-order valence-electron chi connectivity index (χ1n) is 6.61. The topological polar surface area (TPSA) is 84.5 Å². The first kappa shape index (κ1) is 19.5. The molecule has 0 aliphatic carbocycles. The van der Waals surface area contributed by atoms with Gasteiger partial charge >= 0.3 is 5.97 Å². The summed E-state index contributed by atoms with van der Waals surface area (Å²) in [6.07, 6.45) is 2.78. The van der Waals surface area contributed by atoms with Crippen molar-refractivity contribution in [3.8, 4) is 0 Å². The molecule has 0 saturated carbocycles. The Kier molecular flexibility index (Phi) is 9.53. The van der Waals surface area contributed by atoms with Gasteiger partial charge in [0.05, 0.1) is 7.11 Å². The van der Waals surface area contributed by atoms with Gasteiger partial charge in [0.2, 0.25) is 12.3 Å². The lowest BCUT2D eigenvalue weighted by molar-refractivity contribution is -0.145. The largest absolute Gasteiger partial charge is 0.467 e. The van der Waals surface area contributed by atoms with Crippen LogP contribution in [0.3, 0.4) is 0 Å². The third-order valence-electron chi connectivity index (χ3n) is 2.74. The number of methoxy groups -OCH3 is 1. The zero-order chi connectivity index (χ0) is 16.4. The number of carbonyl (C=O) groups is 3. The molecule has 120 valence electrons. The molecule has 0 aromatic carbocycles. The van der Waals surface area contributed by atoms with Crippen LogP contribution in [-0.2, 0) is 19.1 Å². The minimum atomic E-state index is -0.853. The monoisotopic (exact) mass is 316 g/mol. The zero-order valence-corrected chi connectivity index (χ0v) is 13.8. The summed E-state index contributed by atoms with van der Waals surface area (Å²) >= 11 is 1.49. The van der Waals surface area contributed by atoms with Gasteiger partial charge in [-0.3, -0.25) is 9.59 Å². The van der Waals surface area contributed by atoms with Gasteiger partial charge in [0.25, 0.3) is 0 Å². The van der Waals surface area contributed by atoms with Crippen LogP contribution in [0.1, 0.15) is 20.3 Å². The molecule has 0 saturated heterocycles. The van der Waals surface area contributed by atoms with Crippen molar-refractivity contribution in [1.29, 1.82) is 0 Å². The molecule has 7 heteroatoms. The van der Waals surface area contributed by atoms with Crippen LogP contribution >= 0.6 is 11.8 Å². The van der Waals surface area contributed by atoms with Gasteiger partial charge in [-0.15, -0.1) is 0 Å². The molecule has 0 spiro atoms. The van der Waals surface area contributed by atoms with Crippen molar-refractivity contribution in [2.75, 3.05) is 19.1 Å². The van der Waals surface area contributed by atoms with Crippen LogP contribution < -0.4 is 10.6 Å². The van der Waals surface area contributed by atoms with Crippen LogP contribution in [0.2, 0.25) is 0 Å². The Bertz CT molecular complexity index is 385. The van der Waals surface area contributed by atoms with E-state index < -0.39 is 24.0 Å². The summed E-state index contributed by atoms with van der Waals surface area (Å²) in [5, 5.41) is 5.04. The number of amides is 2. The van der Waals surface area contributed by atoms with Crippen molar-refractivity contribution in [1.82, 2.24) is 10.6 Å². The molecule has 0 unspecified atom stereocenters. The van der Waals surface area contributed by atoms with Gasteiger partial charge in [0, 0.05) is 5.75 Å². The van der Waals surface area contributed by atoms with Gasteiger partial charge in [-0.1, -0.05) is 20.4 Å². The van der Waals surface area contributed by atoms with Crippen molar-refractivity contribution in [3.05, 3.63) is 12.2 Å². The standard InChI is InChI=1S/C14H24N2O4S/c1-9(2)6-11(14(19)20-4)16-13(18)12(15-8-17)10(3)7-21-5/h8-9,11-12H,3,6-7H2,1-2,4-5H3,(H,15,17)(H,16,18)/t11-,12-/m0/s1. The summed E-state index contributed by atoms with van der Waals surface area (Å²) in [6.45, 7) is 7.68. The third-order valence-corrected chi connectivity index (χ3v) is 3.40. The lowest BCUT2D eigenvalue weighted by atomic mass is 10.0. The van der Waals surface area contributed by atoms with Crippen molar-refractivity contribution in [3.63, 3.8) is 0 Å². The summed E-state index contributed by atoms with van der Waals surface area (Å²) in [5.74, 6) is -0.220. The molecule has 0 bridgehead atoms. The molecule has 0 aliphatic heterocycles. The Hall–Kier alpha value is -1.50. The Balaban J connectivity index is 4.93. The van der Waals surface area contributed by atoms with E-state index in [-0.39, 0.29) is 5.92 Å². The number of nitrogens with one attached hydrogen (secondary N) is 2. The van der Waals surface area contributed by atoms with E-state index >= 15 is 0 Å². The number of carbonyl (C=O) groups excluding carboxylic acids is 3. The van der Waals surface area contributed by atoms with Crippen molar-refractivity contribution < 1.29 is 19.1 Å². The number of thioether (sulfide) groups is 1. The minimum Gasteiger partial charge on any atom is -0.467 e. The Morgan fingerprint density at radius 2 is 2.00 bits per heavy atom. The van der Waals surface area contributed by atoms with E-state index in [0.717, 1.165) is 0 Å². The van der Waals surface area contributed by atoms with Crippen LogP contribution in [-0.4, -0.2) is 49.5 Å². The molecule has 0 heterocycles. The van der Waals surface area contributed by atoms with E-state index in [1.165, 1.54) is 18.9 Å². The highest BCUT2D eigenvalue weighted by Gasteiger charge is 2.27. The van der Waals surface area contributed by atoms with E-state index in [0.29, 0.717) is 24.2 Å². The molecule has 2 N–H and O–H groups in total. The van der Waals surface area contributed by atoms with Crippen molar-refractivity contribution in [2.24, 2.45) is 5.92 Å². The van der Waals surface area contributed by atoms with Crippen LogP contribution in [0.5, 0.6) is 0 Å². The normalized spacial score (nSPS) is 13.2. The van der Waals surface area contributed by atoms with Gasteiger partial charge < -0.3 is 15.4 Å². The van der Waals surface area contributed by atoms with Crippen LogP contribution in [0.25, 0.3) is 0 Å². The highest BCUT2D eigenvalue weighted by Crippen LogP contribution is 2.10. The molecule has 2 atom stereocenters. The summed E-state index contributed by atoms with van der Waals surface area (Å²) in [7, 11) is 1.27. The third kappa shape index (κ3) is 7.17. The predicted molar refractivity (Wildman–Crippen MR) is 83.9 cm³/mol. The summed E-state index contributed by atoms with van der Waals surface area (Å²) < 4.78 is 4.69. The summed E-state index contributed by atoms with van der Waals surface area (Å²) in [5.41, 5.74) is 0.570. The maximum atomic E-state index is 12.3. The lowest BCUT2D eigenvalue weighted by Gasteiger charge is -2.23. The lowest BCUT2D eigenvalue weighted by Crippen LogP contribution is -2.51. The SMILES string of the molecule is C=C(CSC)[C@H](NC=O)C(=O)N[C@@H](CC(C)C)C(=O)OC. The van der Waals surface area contributed by atoms with Crippen molar-refractivity contribution >= 4 is 30.0 Å². The van der Waals surface area contributed by atoms with Gasteiger partial charge in [-0.2, -0.15) is 11.8 Å². The Morgan fingerprint density at radius 1 is 1.38 bits per heavy atom. The maximum absolute atomic E-state index is 12.3. The predicted octanol–water partition coefficient (Wildman–Crippen LogP) is 0.724. The molecule has 6 nitrogen and oxygen atoms in total. The minimum absolute atomic E-state index is 0.210. The number of hydrogen-bond donors (Lipinski definition) is 2. The fourth-order valence-corrected chi connectivity index (χ4v) is 2.34. The van der Waals surface area contributed by atoms with Gasteiger partial charge in [0.1, 0.15) is 12.1 Å². The number of ether oxygens (including phenoxy) is 1. The highest BCUT2D eigenvalue weighted by atomic mass is 32.2. The fraction of sp³-hybridized carbons (Fsp3) is 0.643. The zero-order valence-electron chi connectivity index (χ0n) is 13.0. The molecule has 21 heavy (non-hydrogen) atoms. The van der Waals surface area contributed by atoms with E-state index in [4.69, 9.17) is 4.74 Å². The molecular formula is C14H24N2O4S. The van der Waals surface area contributed by atoms with Gasteiger partial charge in [0.15, 0.2) is 0 Å². The highest BCUT2D eigenvalue weighted by molar-refractivity contribution is 7.98. The van der Waals surface area contributed by atoms with E-state index in [1.807, 2.05) is 20.1 Å². The fourth-order valence-electron chi connectivity index (χ4n) is 1.80. The molecule has 2 amide bonds. The number of esters is 1. The molecule has 0 radical (unpaired) electrons. The number of rotatable bonds is 10. The smallest absolute Gasteiger partial charge is 0.328 e. The second-order valence-electron chi connectivity index (χ2n) is 5.02. The van der Waals surface area contributed by atoms with E-state index in [1.54, 1.807) is 0 Å². The number of hydrogen-bond acceptors (Lipinski definition) is 5.